The number of rotatable bonds is 6. The van der Waals surface area contributed by atoms with Gasteiger partial charge in [0.15, 0.2) is 10.9 Å². The van der Waals surface area contributed by atoms with Crippen molar-refractivity contribution in [2.75, 3.05) is 11.9 Å². The number of thiazole rings is 1. The Morgan fingerprint density at radius 3 is 2.73 bits per heavy atom. The molecule has 1 amide bonds. The van der Waals surface area contributed by atoms with E-state index in [1.165, 1.54) is 29.5 Å². The Kier molecular flexibility index (Phi) is 5.23. The van der Waals surface area contributed by atoms with Gasteiger partial charge in [0.25, 0.3) is 5.91 Å². The number of ether oxygens (including phenoxy) is 1. The summed E-state index contributed by atoms with van der Waals surface area (Å²) in [5.41, 5.74) is 1.62. The number of carbonyl (C=O) groups is 1. The molecule has 0 aliphatic heterocycles. The van der Waals surface area contributed by atoms with E-state index in [2.05, 4.69) is 10.3 Å². The number of nitrogens with zero attached hydrogens (tertiary/aromatic N) is 2. The first-order valence-electron chi connectivity index (χ1n) is 7.82. The molecule has 2 aromatic carbocycles. The summed E-state index contributed by atoms with van der Waals surface area (Å²) in [7, 11) is 0. The number of anilines is 1. The van der Waals surface area contributed by atoms with Crippen LogP contribution in [0, 0.1) is 10.1 Å². The zero-order valence-corrected chi connectivity index (χ0v) is 14.7. The van der Waals surface area contributed by atoms with Gasteiger partial charge < -0.3 is 4.74 Å². The molecule has 0 atom stereocenters. The first-order valence-corrected chi connectivity index (χ1v) is 8.70. The van der Waals surface area contributed by atoms with Crippen molar-refractivity contribution in [3.8, 4) is 17.0 Å². The number of nitro benzene ring substituents is 1. The summed E-state index contributed by atoms with van der Waals surface area (Å²) < 4.78 is 5.22. The summed E-state index contributed by atoms with van der Waals surface area (Å²) in [6.07, 6.45) is 0. The van der Waals surface area contributed by atoms with Crippen LogP contribution in [0.2, 0.25) is 0 Å². The number of benzene rings is 2. The molecule has 0 unspecified atom stereocenters. The number of nitro groups is 1. The van der Waals surface area contributed by atoms with Crippen molar-refractivity contribution in [1.82, 2.24) is 4.98 Å². The fourth-order valence-corrected chi connectivity index (χ4v) is 3.04. The third kappa shape index (κ3) is 3.86. The van der Waals surface area contributed by atoms with E-state index in [-0.39, 0.29) is 17.0 Å². The predicted molar refractivity (Wildman–Crippen MR) is 99.8 cm³/mol. The van der Waals surface area contributed by atoms with Gasteiger partial charge in [-0.15, -0.1) is 11.3 Å². The molecule has 0 fully saturated rings. The molecule has 0 saturated heterocycles. The predicted octanol–water partition coefficient (Wildman–Crippen LogP) is 4.37. The lowest BCUT2D eigenvalue weighted by Crippen LogP contribution is -2.12. The highest BCUT2D eigenvalue weighted by molar-refractivity contribution is 7.14. The Morgan fingerprint density at radius 1 is 1.27 bits per heavy atom. The lowest BCUT2D eigenvalue weighted by Gasteiger charge is -2.06. The Labute approximate surface area is 153 Å². The van der Waals surface area contributed by atoms with Gasteiger partial charge in [0.1, 0.15) is 0 Å². The highest BCUT2D eigenvalue weighted by atomic mass is 32.1. The Morgan fingerprint density at radius 2 is 2.04 bits per heavy atom. The van der Waals surface area contributed by atoms with Gasteiger partial charge in [0, 0.05) is 22.6 Å². The highest BCUT2D eigenvalue weighted by Gasteiger charge is 2.19. The minimum absolute atomic E-state index is 0.134. The molecule has 0 aliphatic carbocycles. The number of aromatic nitrogens is 1. The van der Waals surface area contributed by atoms with Crippen molar-refractivity contribution in [2.24, 2.45) is 0 Å². The first-order chi connectivity index (χ1) is 12.6. The van der Waals surface area contributed by atoms with Crippen LogP contribution < -0.4 is 10.1 Å². The highest BCUT2D eigenvalue weighted by Crippen LogP contribution is 2.29. The second kappa shape index (κ2) is 7.75. The van der Waals surface area contributed by atoms with Gasteiger partial charge in [0.05, 0.1) is 17.2 Å². The average Bonchev–Trinajstić information content (AvgIpc) is 3.11. The topological polar surface area (TPSA) is 94.4 Å². The lowest BCUT2D eigenvalue weighted by molar-refractivity contribution is -0.385. The lowest BCUT2D eigenvalue weighted by atomic mass is 10.1. The maximum atomic E-state index is 12.4. The smallest absolute Gasteiger partial charge is 0.311 e. The van der Waals surface area contributed by atoms with Crippen molar-refractivity contribution in [3.05, 3.63) is 69.6 Å². The van der Waals surface area contributed by atoms with Gasteiger partial charge in [0.2, 0.25) is 0 Å². The molecule has 0 saturated carbocycles. The standard InChI is InChI=1S/C18H15N3O4S/c1-2-25-16-9-8-13(10-15(16)21(23)24)17(22)20-18-19-14(11-26-18)12-6-4-3-5-7-12/h3-11H,2H2,1H3,(H,19,20,22). The molecular weight excluding hydrogens is 354 g/mol. The van der Waals surface area contributed by atoms with Crippen LogP contribution in [0.3, 0.4) is 0 Å². The van der Waals surface area contributed by atoms with Crippen molar-refractivity contribution in [2.45, 2.75) is 6.92 Å². The minimum Gasteiger partial charge on any atom is -0.487 e. The van der Waals surface area contributed by atoms with Gasteiger partial charge in [-0.05, 0) is 19.1 Å². The maximum absolute atomic E-state index is 12.4. The second-order valence-electron chi connectivity index (χ2n) is 5.23. The SMILES string of the molecule is CCOc1ccc(C(=O)Nc2nc(-c3ccccc3)cs2)cc1[N+](=O)[O-]. The van der Waals surface area contributed by atoms with Crippen molar-refractivity contribution in [1.29, 1.82) is 0 Å². The van der Waals surface area contributed by atoms with Crippen molar-refractivity contribution in [3.63, 3.8) is 0 Å². The average molecular weight is 369 g/mol. The fourth-order valence-electron chi connectivity index (χ4n) is 2.32. The number of amides is 1. The van der Waals surface area contributed by atoms with E-state index in [1.54, 1.807) is 6.92 Å². The van der Waals surface area contributed by atoms with E-state index in [0.29, 0.717) is 11.7 Å². The molecule has 0 aliphatic rings. The van der Waals surface area contributed by atoms with Crippen LogP contribution in [0.5, 0.6) is 5.75 Å². The Bertz CT molecular complexity index is 941. The third-order valence-electron chi connectivity index (χ3n) is 3.51. The van der Waals surface area contributed by atoms with Crippen LogP contribution in [-0.4, -0.2) is 22.4 Å². The van der Waals surface area contributed by atoms with Crippen LogP contribution in [0.25, 0.3) is 11.3 Å². The fraction of sp³-hybridized carbons (Fsp3) is 0.111. The number of nitrogens with one attached hydrogen (secondary N) is 1. The largest absolute Gasteiger partial charge is 0.487 e. The van der Waals surface area contributed by atoms with Crippen LogP contribution in [0.4, 0.5) is 10.8 Å². The minimum atomic E-state index is -0.571. The number of carbonyl (C=O) groups excluding carboxylic acids is 1. The molecule has 8 heteroatoms. The van der Waals surface area contributed by atoms with Crippen LogP contribution in [0.1, 0.15) is 17.3 Å². The van der Waals surface area contributed by atoms with Gasteiger partial charge in [-0.2, -0.15) is 0 Å². The molecule has 1 heterocycles. The summed E-state index contributed by atoms with van der Waals surface area (Å²) in [4.78, 5) is 27.4. The Hall–Kier alpha value is -3.26. The molecule has 0 spiro atoms. The quantitative estimate of drug-likeness (QED) is 0.514. The van der Waals surface area contributed by atoms with Gasteiger partial charge in [-0.1, -0.05) is 30.3 Å². The second-order valence-corrected chi connectivity index (χ2v) is 6.09. The molecule has 26 heavy (non-hydrogen) atoms. The van der Waals surface area contributed by atoms with Crippen LogP contribution in [-0.2, 0) is 0 Å². The monoisotopic (exact) mass is 369 g/mol. The number of hydrogen-bond donors (Lipinski definition) is 1. The van der Waals surface area contributed by atoms with E-state index in [0.717, 1.165) is 11.3 Å². The van der Waals surface area contributed by atoms with Gasteiger partial charge in [-0.3, -0.25) is 20.2 Å². The van der Waals surface area contributed by atoms with E-state index in [9.17, 15) is 14.9 Å². The molecule has 7 nitrogen and oxygen atoms in total. The molecule has 1 aromatic heterocycles. The maximum Gasteiger partial charge on any atom is 0.311 e. The molecular formula is C18H15N3O4S. The van der Waals surface area contributed by atoms with E-state index >= 15 is 0 Å². The molecule has 3 rings (SSSR count). The molecule has 0 bridgehead atoms. The molecule has 0 radical (unpaired) electrons. The van der Waals surface area contributed by atoms with Crippen molar-refractivity contribution >= 4 is 28.1 Å². The summed E-state index contributed by atoms with van der Waals surface area (Å²) in [6.45, 7) is 2.03. The first kappa shape index (κ1) is 17.6. The zero-order valence-electron chi connectivity index (χ0n) is 13.8. The van der Waals surface area contributed by atoms with E-state index in [1.807, 2.05) is 35.7 Å². The zero-order chi connectivity index (χ0) is 18.5. The van der Waals surface area contributed by atoms with Gasteiger partial charge in [-0.25, -0.2) is 4.98 Å². The molecule has 132 valence electrons. The molecule has 3 aromatic rings. The number of hydrogen-bond acceptors (Lipinski definition) is 6. The van der Waals surface area contributed by atoms with Crippen molar-refractivity contribution < 1.29 is 14.5 Å². The summed E-state index contributed by atoms with van der Waals surface area (Å²) in [6, 6.07) is 13.7. The molecule has 1 N–H and O–H groups in total. The van der Waals surface area contributed by atoms with E-state index in [4.69, 9.17) is 4.74 Å². The van der Waals surface area contributed by atoms with Crippen LogP contribution >= 0.6 is 11.3 Å². The third-order valence-corrected chi connectivity index (χ3v) is 4.27. The normalized spacial score (nSPS) is 10.3. The summed E-state index contributed by atoms with van der Waals surface area (Å²) >= 11 is 1.29. The summed E-state index contributed by atoms with van der Waals surface area (Å²) in [5.74, 6) is -0.334. The Balaban J connectivity index is 1.79. The van der Waals surface area contributed by atoms with Crippen LogP contribution in [0.15, 0.2) is 53.9 Å². The van der Waals surface area contributed by atoms with Gasteiger partial charge >= 0.3 is 5.69 Å². The van der Waals surface area contributed by atoms with E-state index < -0.39 is 10.8 Å². The summed E-state index contributed by atoms with van der Waals surface area (Å²) in [5, 5.41) is 16.1.